The Morgan fingerprint density at radius 3 is 2.72 bits per heavy atom. The van der Waals surface area contributed by atoms with E-state index in [1.165, 1.54) is 18.3 Å². The summed E-state index contributed by atoms with van der Waals surface area (Å²) < 4.78 is 26.1. The van der Waals surface area contributed by atoms with E-state index in [1.54, 1.807) is 6.07 Å². The van der Waals surface area contributed by atoms with Crippen molar-refractivity contribution >= 4 is 27.2 Å². The molecule has 2 heterocycles. The fourth-order valence-electron chi connectivity index (χ4n) is 1.16. The number of anilines is 1. The van der Waals surface area contributed by atoms with Crippen LogP contribution in [0.1, 0.15) is 10.4 Å². The quantitative estimate of drug-likeness (QED) is 0.868. The predicted molar refractivity (Wildman–Crippen MR) is 63.1 cm³/mol. The highest BCUT2D eigenvalue weighted by Gasteiger charge is 2.19. The molecule has 0 fully saturated rings. The molecule has 0 atom stereocenters. The number of aromatic nitrogens is 2. The van der Waals surface area contributed by atoms with Gasteiger partial charge in [-0.15, -0.1) is 11.3 Å². The highest BCUT2D eigenvalue weighted by molar-refractivity contribution is 7.94. The van der Waals surface area contributed by atoms with E-state index in [0.29, 0.717) is 4.88 Å². The van der Waals surface area contributed by atoms with Gasteiger partial charge in [-0.3, -0.25) is 9.82 Å². The zero-order chi connectivity index (χ0) is 13.2. The minimum Gasteiger partial charge on any atom is -0.262 e. The molecule has 2 rings (SSSR count). The Balaban J connectivity index is 2.34. The number of sulfonamides is 1. The van der Waals surface area contributed by atoms with E-state index in [1.807, 2.05) is 6.07 Å². The summed E-state index contributed by atoms with van der Waals surface area (Å²) in [5.41, 5.74) is 0.0932. The van der Waals surface area contributed by atoms with E-state index in [0.717, 1.165) is 11.3 Å². The molecule has 90 valence electrons. The van der Waals surface area contributed by atoms with Crippen LogP contribution in [-0.4, -0.2) is 18.6 Å². The molecular weight excluding hydrogens is 274 g/mol. The molecule has 2 aromatic rings. The van der Waals surface area contributed by atoms with Crippen LogP contribution in [0, 0.1) is 22.7 Å². The highest BCUT2D eigenvalue weighted by Crippen LogP contribution is 2.23. The fourth-order valence-corrected chi connectivity index (χ4v) is 3.30. The van der Waals surface area contributed by atoms with E-state index in [4.69, 9.17) is 10.5 Å². The SMILES string of the molecule is N#Cc1ccc(S(=O)(=O)Nc2[nH]ncc2C#N)s1. The third-order valence-electron chi connectivity index (χ3n) is 1.95. The maximum Gasteiger partial charge on any atom is 0.272 e. The molecule has 0 spiro atoms. The summed E-state index contributed by atoms with van der Waals surface area (Å²) in [7, 11) is -3.81. The first-order valence-electron chi connectivity index (χ1n) is 4.53. The normalized spacial score (nSPS) is 10.6. The Kier molecular flexibility index (Phi) is 3.02. The van der Waals surface area contributed by atoms with Crippen LogP contribution in [0.25, 0.3) is 0 Å². The highest BCUT2D eigenvalue weighted by atomic mass is 32.2. The molecule has 18 heavy (non-hydrogen) atoms. The lowest BCUT2D eigenvalue weighted by atomic mass is 10.4. The molecule has 0 aliphatic rings. The zero-order valence-electron chi connectivity index (χ0n) is 8.71. The standard InChI is InChI=1S/C9H5N5O2S2/c10-3-6-5-12-13-9(6)14-18(15,16)8-2-1-7(4-11)17-8/h1-2,5H,(H2,12,13,14). The van der Waals surface area contributed by atoms with Crippen LogP contribution in [-0.2, 0) is 10.0 Å². The first-order chi connectivity index (χ1) is 8.56. The zero-order valence-corrected chi connectivity index (χ0v) is 10.3. The van der Waals surface area contributed by atoms with Gasteiger partial charge in [-0.05, 0) is 12.1 Å². The molecule has 2 N–H and O–H groups in total. The van der Waals surface area contributed by atoms with Crippen LogP contribution < -0.4 is 4.72 Å². The first kappa shape index (κ1) is 12.1. The summed E-state index contributed by atoms with van der Waals surface area (Å²) in [6.07, 6.45) is 1.22. The number of nitrogens with zero attached hydrogens (tertiary/aromatic N) is 3. The van der Waals surface area contributed by atoms with Crippen LogP contribution in [0.4, 0.5) is 5.82 Å². The summed E-state index contributed by atoms with van der Waals surface area (Å²) >= 11 is 0.846. The van der Waals surface area contributed by atoms with Crippen molar-refractivity contribution in [2.24, 2.45) is 0 Å². The topological polar surface area (TPSA) is 122 Å². The van der Waals surface area contributed by atoms with Gasteiger partial charge >= 0.3 is 0 Å². The van der Waals surface area contributed by atoms with Crippen LogP contribution in [0.5, 0.6) is 0 Å². The van der Waals surface area contributed by atoms with Gasteiger partial charge in [0.2, 0.25) is 0 Å². The number of aromatic amines is 1. The lowest BCUT2D eigenvalue weighted by molar-refractivity contribution is 0.603. The van der Waals surface area contributed by atoms with Gasteiger partial charge in [0.1, 0.15) is 26.8 Å². The molecule has 0 aliphatic heterocycles. The molecule has 9 heteroatoms. The van der Waals surface area contributed by atoms with Gasteiger partial charge < -0.3 is 0 Å². The van der Waals surface area contributed by atoms with E-state index in [9.17, 15) is 8.42 Å². The van der Waals surface area contributed by atoms with Crippen molar-refractivity contribution in [1.29, 1.82) is 10.5 Å². The minimum atomic E-state index is -3.81. The second-order valence-corrected chi connectivity index (χ2v) is 6.10. The molecule has 0 saturated heterocycles. The van der Waals surface area contributed by atoms with Crippen molar-refractivity contribution in [2.45, 2.75) is 4.21 Å². The van der Waals surface area contributed by atoms with Crippen molar-refractivity contribution in [3.05, 3.63) is 28.8 Å². The van der Waals surface area contributed by atoms with Gasteiger partial charge in [-0.25, -0.2) is 8.42 Å². The van der Waals surface area contributed by atoms with Crippen LogP contribution >= 0.6 is 11.3 Å². The minimum absolute atomic E-state index is 0.00228. The molecule has 0 unspecified atom stereocenters. The lowest BCUT2D eigenvalue weighted by Gasteiger charge is -2.03. The average molecular weight is 279 g/mol. The van der Waals surface area contributed by atoms with Crippen LogP contribution in [0.3, 0.4) is 0 Å². The third kappa shape index (κ3) is 2.18. The van der Waals surface area contributed by atoms with Gasteiger partial charge in [0.05, 0.1) is 6.20 Å². The molecular formula is C9H5N5O2S2. The summed E-state index contributed by atoms with van der Waals surface area (Å²) in [5.74, 6) is 0.00408. The smallest absolute Gasteiger partial charge is 0.262 e. The maximum absolute atomic E-state index is 11.9. The second-order valence-electron chi connectivity index (χ2n) is 3.11. The largest absolute Gasteiger partial charge is 0.272 e. The average Bonchev–Trinajstić information content (AvgIpc) is 2.96. The molecule has 0 aromatic carbocycles. The van der Waals surface area contributed by atoms with Crippen molar-refractivity contribution in [2.75, 3.05) is 4.72 Å². The summed E-state index contributed by atoms with van der Waals surface area (Å²) in [4.78, 5) is 0.292. The number of H-pyrrole nitrogens is 1. The van der Waals surface area contributed by atoms with Crippen LogP contribution in [0.15, 0.2) is 22.5 Å². The number of hydrogen-bond acceptors (Lipinski definition) is 6. The Morgan fingerprint density at radius 2 is 2.11 bits per heavy atom. The fraction of sp³-hybridized carbons (Fsp3) is 0. The summed E-state index contributed by atoms with van der Waals surface area (Å²) in [6.45, 7) is 0. The number of rotatable bonds is 3. The van der Waals surface area contributed by atoms with E-state index < -0.39 is 10.0 Å². The molecule has 0 bridgehead atoms. The lowest BCUT2D eigenvalue weighted by Crippen LogP contribution is -2.12. The number of nitrogens with one attached hydrogen (secondary N) is 2. The van der Waals surface area contributed by atoms with E-state index >= 15 is 0 Å². The molecule has 0 saturated carbocycles. The summed E-state index contributed by atoms with van der Waals surface area (Å²) in [6, 6.07) is 6.39. The Morgan fingerprint density at radius 1 is 1.33 bits per heavy atom. The van der Waals surface area contributed by atoms with Crippen molar-refractivity contribution in [3.63, 3.8) is 0 Å². The summed E-state index contributed by atoms with van der Waals surface area (Å²) in [5, 5.41) is 23.3. The third-order valence-corrected chi connectivity index (χ3v) is 4.78. The number of hydrogen-bond donors (Lipinski definition) is 2. The molecule has 7 nitrogen and oxygen atoms in total. The van der Waals surface area contributed by atoms with Crippen LogP contribution in [0.2, 0.25) is 0 Å². The van der Waals surface area contributed by atoms with Gasteiger partial charge in [0, 0.05) is 0 Å². The number of nitriles is 2. The number of thiophene rings is 1. The predicted octanol–water partition coefficient (Wildman–Crippen LogP) is 1.02. The molecule has 0 amide bonds. The first-order valence-corrected chi connectivity index (χ1v) is 6.83. The van der Waals surface area contributed by atoms with Gasteiger partial charge in [0.25, 0.3) is 10.0 Å². The van der Waals surface area contributed by atoms with Gasteiger partial charge in [-0.2, -0.15) is 15.6 Å². The van der Waals surface area contributed by atoms with Crippen molar-refractivity contribution in [1.82, 2.24) is 10.2 Å². The molecule has 0 aliphatic carbocycles. The Labute approximate surface area is 106 Å². The van der Waals surface area contributed by atoms with E-state index in [2.05, 4.69) is 14.9 Å². The maximum atomic E-state index is 11.9. The van der Waals surface area contributed by atoms with Gasteiger partial charge in [0.15, 0.2) is 5.82 Å². The second kappa shape index (κ2) is 4.49. The monoisotopic (exact) mass is 279 g/mol. The Bertz CT molecular complexity index is 759. The van der Waals surface area contributed by atoms with Crippen molar-refractivity contribution < 1.29 is 8.42 Å². The Hall–Kier alpha value is -2.36. The van der Waals surface area contributed by atoms with Crippen molar-refractivity contribution in [3.8, 4) is 12.1 Å². The molecule has 2 aromatic heterocycles. The van der Waals surface area contributed by atoms with E-state index in [-0.39, 0.29) is 15.6 Å². The van der Waals surface area contributed by atoms with Gasteiger partial charge in [-0.1, -0.05) is 0 Å². The molecule has 0 radical (unpaired) electrons.